The first-order valence-electron chi connectivity index (χ1n) is 5.29. The summed E-state index contributed by atoms with van der Waals surface area (Å²) in [5, 5.41) is 16.1. The van der Waals surface area contributed by atoms with E-state index in [4.69, 9.17) is 5.53 Å². The van der Waals surface area contributed by atoms with Gasteiger partial charge in [0.05, 0.1) is 16.6 Å². The first-order valence-corrected chi connectivity index (χ1v) is 5.29. The molecule has 0 heterocycles. The Morgan fingerprint density at radius 2 is 2.32 bits per heavy atom. The summed E-state index contributed by atoms with van der Waals surface area (Å²) >= 11 is 0. The Bertz CT molecular complexity index is 542. The number of nitro benzene ring substituents is 1. The highest BCUT2D eigenvalue weighted by Crippen LogP contribution is 2.16. The Kier molecular flexibility index (Phi) is 5.24. The molecule has 1 N–H and O–H groups in total. The number of rotatable bonds is 6. The Morgan fingerprint density at radius 3 is 2.89 bits per heavy atom. The highest BCUT2D eigenvalue weighted by Gasteiger charge is 2.15. The predicted octanol–water partition coefficient (Wildman–Crippen LogP) is 2.16. The molecule has 0 fully saturated rings. The molecule has 0 spiro atoms. The lowest BCUT2D eigenvalue weighted by Gasteiger charge is -2.04. The monoisotopic (exact) mass is 267 g/mol. The van der Waals surface area contributed by atoms with Crippen LogP contribution >= 0.6 is 0 Å². The molecule has 19 heavy (non-hydrogen) atoms. The molecule has 1 amide bonds. The van der Waals surface area contributed by atoms with Crippen molar-refractivity contribution in [1.29, 1.82) is 0 Å². The van der Waals surface area contributed by atoms with Crippen LogP contribution in [0.2, 0.25) is 0 Å². The molecule has 9 heteroatoms. The van der Waals surface area contributed by atoms with E-state index < -0.39 is 22.3 Å². The molecule has 8 nitrogen and oxygen atoms in total. The molecule has 1 aromatic carbocycles. The van der Waals surface area contributed by atoms with Crippen molar-refractivity contribution in [3.63, 3.8) is 0 Å². The van der Waals surface area contributed by atoms with Crippen molar-refractivity contribution in [2.45, 2.75) is 6.42 Å². The minimum Gasteiger partial charge on any atom is -0.352 e. The summed E-state index contributed by atoms with van der Waals surface area (Å²) in [6.07, 6.45) is 0.421. The summed E-state index contributed by atoms with van der Waals surface area (Å²) in [5.41, 5.74) is 7.34. The predicted molar refractivity (Wildman–Crippen MR) is 64.0 cm³/mol. The molecule has 0 radical (unpaired) electrons. The normalized spacial score (nSPS) is 9.53. The molecule has 0 unspecified atom stereocenters. The molecular weight excluding hydrogens is 257 g/mol. The van der Waals surface area contributed by atoms with Crippen LogP contribution in [-0.4, -0.2) is 23.9 Å². The third-order valence-electron chi connectivity index (χ3n) is 2.19. The topological polar surface area (TPSA) is 121 Å². The molecule has 0 saturated carbocycles. The third kappa shape index (κ3) is 4.25. The molecule has 0 aliphatic rings. The van der Waals surface area contributed by atoms with Crippen LogP contribution < -0.4 is 5.32 Å². The Labute approximate surface area is 107 Å². The van der Waals surface area contributed by atoms with E-state index in [0.29, 0.717) is 12.5 Å². The number of halogens is 1. The van der Waals surface area contributed by atoms with E-state index in [1.807, 2.05) is 0 Å². The van der Waals surface area contributed by atoms with Crippen molar-refractivity contribution < 1.29 is 14.1 Å². The summed E-state index contributed by atoms with van der Waals surface area (Å²) in [7, 11) is 0. The van der Waals surface area contributed by atoms with Gasteiger partial charge in [-0.3, -0.25) is 14.9 Å². The molecule has 0 saturated heterocycles. The maximum atomic E-state index is 13.5. The average Bonchev–Trinajstić information content (AvgIpc) is 2.38. The lowest BCUT2D eigenvalue weighted by molar-refractivity contribution is -0.385. The van der Waals surface area contributed by atoms with Gasteiger partial charge < -0.3 is 5.32 Å². The zero-order chi connectivity index (χ0) is 14.3. The minimum absolute atomic E-state index is 0.217. The van der Waals surface area contributed by atoms with Crippen molar-refractivity contribution in [3.8, 4) is 0 Å². The third-order valence-corrected chi connectivity index (χ3v) is 2.19. The molecule has 0 bridgehead atoms. The number of non-ortho nitro benzene ring substituents is 1. The number of benzene rings is 1. The van der Waals surface area contributed by atoms with Crippen LogP contribution in [0.4, 0.5) is 10.1 Å². The molecule has 0 aromatic heterocycles. The number of hydrogen-bond donors (Lipinski definition) is 1. The van der Waals surface area contributed by atoms with Gasteiger partial charge in [-0.2, -0.15) is 0 Å². The zero-order valence-corrected chi connectivity index (χ0v) is 9.74. The van der Waals surface area contributed by atoms with Crippen LogP contribution in [0.25, 0.3) is 10.4 Å². The largest absolute Gasteiger partial charge is 0.352 e. The van der Waals surface area contributed by atoms with E-state index in [9.17, 15) is 19.3 Å². The fourth-order valence-corrected chi connectivity index (χ4v) is 1.29. The summed E-state index contributed by atoms with van der Waals surface area (Å²) < 4.78 is 13.5. The summed E-state index contributed by atoms with van der Waals surface area (Å²) in [6.45, 7) is 0.438. The van der Waals surface area contributed by atoms with Crippen LogP contribution in [0.15, 0.2) is 23.3 Å². The summed E-state index contributed by atoms with van der Waals surface area (Å²) in [4.78, 5) is 23.8. The van der Waals surface area contributed by atoms with E-state index in [2.05, 4.69) is 15.3 Å². The average molecular weight is 267 g/mol. The Balaban J connectivity index is 2.62. The molecule has 0 aliphatic carbocycles. The van der Waals surface area contributed by atoms with Gasteiger partial charge in [0.15, 0.2) is 0 Å². The standard InChI is InChI=1S/C10H10FN5O3/c11-9-6-7(16(18)19)2-3-8(9)10(17)13-4-1-5-14-15-12/h2-3,6H,1,4-5H2,(H,13,17). The Morgan fingerprint density at radius 1 is 1.58 bits per heavy atom. The highest BCUT2D eigenvalue weighted by atomic mass is 19.1. The van der Waals surface area contributed by atoms with Crippen LogP contribution in [0.1, 0.15) is 16.8 Å². The lowest BCUT2D eigenvalue weighted by Crippen LogP contribution is -2.25. The minimum atomic E-state index is -0.957. The lowest BCUT2D eigenvalue weighted by atomic mass is 10.2. The number of azide groups is 1. The van der Waals surface area contributed by atoms with E-state index in [1.165, 1.54) is 0 Å². The molecule has 0 aliphatic heterocycles. The Hall–Kier alpha value is -2.67. The van der Waals surface area contributed by atoms with Crippen molar-refractivity contribution in [3.05, 3.63) is 50.1 Å². The second-order valence-electron chi connectivity index (χ2n) is 3.49. The van der Waals surface area contributed by atoms with Gasteiger partial charge in [-0.05, 0) is 18.0 Å². The number of amides is 1. The fraction of sp³-hybridized carbons (Fsp3) is 0.300. The van der Waals surface area contributed by atoms with Crippen molar-refractivity contribution in [1.82, 2.24) is 5.32 Å². The molecule has 1 aromatic rings. The van der Waals surface area contributed by atoms with E-state index in [0.717, 1.165) is 12.1 Å². The van der Waals surface area contributed by atoms with Crippen LogP contribution in [0.5, 0.6) is 0 Å². The van der Waals surface area contributed by atoms with Crippen LogP contribution in [0, 0.1) is 15.9 Å². The second-order valence-corrected chi connectivity index (χ2v) is 3.49. The van der Waals surface area contributed by atoms with Gasteiger partial charge in [-0.25, -0.2) is 4.39 Å². The van der Waals surface area contributed by atoms with Gasteiger partial charge in [0, 0.05) is 24.1 Å². The van der Waals surface area contributed by atoms with E-state index >= 15 is 0 Å². The molecular formula is C10H10FN5O3. The smallest absolute Gasteiger partial charge is 0.272 e. The quantitative estimate of drug-likeness (QED) is 0.212. The van der Waals surface area contributed by atoms with Gasteiger partial charge in [-0.1, -0.05) is 5.11 Å². The highest BCUT2D eigenvalue weighted by molar-refractivity contribution is 5.94. The van der Waals surface area contributed by atoms with E-state index in [1.54, 1.807) is 0 Å². The first kappa shape index (κ1) is 14.4. The maximum Gasteiger partial charge on any atom is 0.272 e. The van der Waals surface area contributed by atoms with Gasteiger partial charge in [0.25, 0.3) is 11.6 Å². The molecule has 100 valence electrons. The number of carbonyl (C=O) groups is 1. The number of hydrogen-bond acceptors (Lipinski definition) is 4. The maximum absolute atomic E-state index is 13.5. The van der Waals surface area contributed by atoms with Crippen molar-refractivity contribution >= 4 is 11.6 Å². The summed E-state index contributed by atoms with van der Waals surface area (Å²) in [6, 6.07) is 2.79. The number of nitro groups is 1. The van der Waals surface area contributed by atoms with Gasteiger partial charge in [0.1, 0.15) is 5.82 Å². The van der Waals surface area contributed by atoms with Crippen LogP contribution in [0.3, 0.4) is 0 Å². The first-order chi connectivity index (χ1) is 9.06. The molecule has 0 atom stereocenters. The van der Waals surface area contributed by atoms with Crippen molar-refractivity contribution in [2.75, 3.05) is 13.1 Å². The van der Waals surface area contributed by atoms with Gasteiger partial charge >= 0.3 is 0 Å². The number of nitrogens with one attached hydrogen (secondary N) is 1. The molecule has 1 rings (SSSR count). The van der Waals surface area contributed by atoms with Crippen LogP contribution in [-0.2, 0) is 0 Å². The fourth-order valence-electron chi connectivity index (χ4n) is 1.29. The number of nitrogens with zero attached hydrogens (tertiary/aromatic N) is 4. The van der Waals surface area contributed by atoms with Gasteiger partial charge in [0.2, 0.25) is 0 Å². The zero-order valence-electron chi connectivity index (χ0n) is 9.74. The SMILES string of the molecule is [N-]=[N+]=NCCCNC(=O)c1ccc([N+](=O)[O-])cc1F. The van der Waals surface area contributed by atoms with E-state index in [-0.39, 0.29) is 18.7 Å². The second kappa shape index (κ2) is 6.92. The summed E-state index contributed by atoms with van der Waals surface area (Å²) in [5.74, 6) is -1.63. The van der Waals surface area contributed by atoms with Crippen molar-refractivity contribution in [2.24, 2.45) is 5.11 Å². The number of carbonyl (C=O) groups excluding carboxylic acids is 1. The van der Waals surface area contributed by atoms with Gasteiger partial charge in [-0.15, -0.1) is 0 Å².